The van der Waals surface area contributed by atoms with E-state index in [1.807, 2.05) is 5.32 Å². The van der Waals surface area contributed by atoms with Crippen LogP contribution in [0.2, 0.25) is 0 Å². The molecule has 1 aliphatic rings. The monoisotopic (exact) mass is 365 g/mol. The highest BCUT2D eigenvalue weighted by atomic mass is 16.6. The lowest BCUT2D eigenvalue weighted by Gasteiger charge is -2.20. The quantitative estimate of drug-likeness (QED) is 0.593. The predicted molar refractivity (Wildman–Crippen MR) is 89.1 cm³/mol. The lowest BCUT2D eigenvalue weighted by Crippen LogP contribution is -2.34. The zero-order chi connectivity index (χ0) is 18.9. The minimum Gasteiger partial charge on any atom is -0.493 e. The number of imide groups is 1. The zero-order valence-corrected chi connectivity index (χ0v) is 14.4. The molecule has 0 aliphatic carbocycles. The largest absolute Gasteiger partial charge is 0.493 e. The smallest absolute Gasteiger partial charge is 0.413 e. The van der Waals surface area contributed by atoms with Crippen LogP contribution in [0.5, 0.6) is 17.2 Å². The molecule has 2 rings (SSSR count). The maximum atomic E-state index is 11.7. The molecule has 0 radical (unpaired) electrons. The lowest BCUT2D eigenvalue weighted by atomic mass is 10.1. The number of amides is 2. The summed E-state index contributed by atoms with van der Waals surface area (Å²) in [7, 11) is 1.50. The fourth-order valence-corrected chi connectivity index (χ4v) is 2.06. The van der Waals surface area contributed by atoms with E-state index in [9.17, 15) is 14.4 Å². The number of carbonyl (C=O) groups excluding carboxylic acids is 3. The van der Waals surface area contributed by atoms with Gasteiger partial charge in [0.2, 0.25) is 5.75 Å². The van der Waals surface area contributed by atoms with Crippen LogP contribution in [0.1, 0.15) is 12.5 Å². The third-order valence-corrected chi connectivity index (χ3v) is 3.12. The van der Waals surface area contributed by atoms with Crippen LogP contribution in [-0.4, -0.2) is 51.5 Å². The van der Waals surface area contributed by atoms with Gasteiger partial charge in [0.15, 0.2) is 18.1 Å². The van der Waals surface area contributed by atoms with Gasteiger partial charge in [-0.2, -0.15) is 0 Å². The molecule has 140 valence electrons. The lowest BCUT2D eigenvalue weighted by molar-refractivity contribution is -0.143. The maximum absolute atomic E-state index is 11.7. The fraction of sp³-hybridized carbons (Fsp3) is 0.353. The van der Waals surface area contributed by atoms with Crippen LogP contribution in [0.25, 0.3) is 6.08 Å². The van der Waals surface area contributed by atoms with Crippen molar-refractivity contribution in [1.82, 2.24) is 5.32 Å². The van der Waals surface area contributed by atoms with E-state index in [2.05, 4.69) is 4.74 Å². The number of methoxy groups -OCH3 is 1. The first-order valence-electron chi connectivity index (χ1n) is 7.82. The molecule has 0 saturated carbocycles. The maximum Gasteiger partial charge on any atom is 0.413 e. The van der Waals surface area contributed by atoms with Crippen molar-refractivity contribution in [3.05, 3.63) is 23.8 Å². The summed E-state index contributed by atoms with van der Waals surface area (Å²) in [5.74, 6) is -0.0420. The van der Waals surface area contributed by atoms with Crippen molar-refractivity contribution < 1.29 is 38.1 Å². The van der Waals surface area contributed by atoms with Crippen LogP contribution in [0, 0.1) is 0 Å². The Bertz CT molecular complexity index is 696. The van der Waals surface area contributed by atoms with Gasteiger partial charge in [-0.15, -0.1) is 0 Å². The molecule has 1 aliphatic heterocycles. The third-order valence-electron chi connectivity index (χ3n) is 3.12. The molecule has 0 aromatic heterocycles. The molecule has 1 heterocycles. The van der Waals surface area contributed by atoms with Crippen molar-refractivity contribution in [2.45, 2.75) is 6.92 Å². The Morgan fingerprint density at radius 2 is 1.96 bits per heavy atom. The molecule has 0 saturated heterocycles. The summed E-state index contributed by atoms with van der Waals surface area (Å²) in [6, 6.07) is 3.36. The number of rotatable bonds is 6. The molecule has 2 amide bonds. The molecule has 1 aromatic rings. The summed E-state index contributed by atoms with van der Waals surface area (Å²) >= 11 is 0. The number of esters is 1. The minimum absolute atomic E-state index is 0.126. The van der Waals surface area contributed by atoms with Gasteiger partial charge in [0.25, 0.3) is 5.91 Å². The van der Waals surface area contributed by atoms with Gasteiger partial charge in [-0.3, -0.25) is 10.1 Å². The number of hydrogen-bond donors (Lipinski definition) is 1. The standard InChI is InChI=1S/C17H19NO8/c1-3-23-17(21)18-14(19)10-26-15(20)5-4-11-8-12(22-2)16-13(9-11)24-6-7-25-16/h4-5,8-9H,3,6-7,10H2,1-2H3,(H,18,19,21)/b5-4+. The Labute approximate surface area is 149 Å². The SMILES string of the molecule is CCOC(=O)NC(=O)COC(=O)/C=C/c1cc(OC)c2c(c1)OCCO2. The van der Waals surface area contributed by atoms with Crippen molar-refractivity contribution >= 4 is 24.0 Å². The van der Waals surface area contributed by atoms with E-state index in [4.69, 9.17) is 18.9 Å². The summed E-state index contributed by atoms with van der Waals surface area (Å²) in [6.07, 6.45) is 1.72. The van der Waals surface area contributed by atoms with Gasteiger partial charge in [0.1, 0.15) is 13.2 Å². The van der Waals surface area contributed by atoms with Crippen LogP contribution in [0.15, 0.2) is 18.2 Å². The number of nitrogens with one attached hydrogen (secondary N) is 1. The van der Waals surface area contributed by atoms with Gasteiger partial charge in [-0.25, -0.2) is 9.59 Å². The van der Waals surface area contributed by atoms with Gasteiger partial charge in [-0.05, 0) is 30.7 Å². The molecule has 0 atom stereocenters. The number of fused-ring (bicyclic) bond motifs is 1. The minimum atomic E-state index is -0.896. The summed E-state index contributed by atoms with van der Waals surface area (Å²) in [4.78, 5) is 34.1. The number of carbonyl (C=O) groups is 3. The highest BCUT2D eigenvalue weighted by molar-refractivity contribution is 5.94. The van der Waals surface area contributed by atoms with Crippen LogP contribution in [0.4, 0.5) is 4.79 Å². The van der Waals surface area contributed by atoms with Crippen molar-refractivity contribution in [3.63, 3.8) is 0 Å². The molecule has 0 fully saturated rings. The molecule has 0 unspecified atom stereocenters. The van der Waals surface area contributed by atoms with Crippen molar-refractivity contribution in [2.24, 2.45) is 0 Å². The van der Waals surface area contributed by atoms with Crippen LogP contribution in [-0.2, 0) is 19.1 Å². The number of ether oxygens (including phenoxy) is 5. The predicted octanol–water partition coefficient (Wildman–Crippen LogP) is 1.30. The van der Waals surface area contributed by atoms with Crippen LogP contribution < -0.4 is 19.5 Å². The molecule has 1 aromatic carbocycles. The molecule has 9 heteroatoms. The van der Waals surface area contributed by atoms with Crippen LogP contribution >= 0.6 is 0 Å². The second-order valence-electron chi connectivity index (χ2n) is 4.96. The molecule has 9 nitrogen and oxygen atoms in total. The van der Waals surface area contributed by atoms with E-state index >= 15 is 0 Å². The first-order valence-corrected chi connectivity index (χ1v) is 7.82. The van der Waals surface area contributed by atoms with Crippen LogP contribution in [0.3, 0.4) is 0 Å². The van der Waals surface area contributed by atoms with E-state index in [1.54, 1.807) is 19.1 Å². The molecule has 0 spiro atoms. The van der Waals surface area contributed by atoms with Gasteiger partial charge in [0.05, 0.1) is 13.7 Å². The third kappa shape index (κ3) is 5.40. The Balaban J connectivity index is 1.91. The molecule has 0 bridgehead atoms. The highest BCUT2D eigenvalue weighted by Gasteiger charge is 2.18. The molecule has 26 heavy (non-hydrogen) atoms. The summed E-state index contributed by atoms with van der Waals surface area (Å²) < 4.78 is 25.5. The molecular weight excluding hydrogens is 346 g/mol. The summed E-state index contributed by atoms with van der Waals surface area (Å²) in [5.41, 5.74) is 0.624. The number of benzene rings is 1. The van der Waals surface area contributed by atoms with E-state index in [0.29, 0.717) is 36.0 Å². The van der Waals surface area contributed by atoms with E-state index < -0.39 is 24.6 Å². The first-order chi connectivity index (χ1) is 12.5. The highest BCUT2D eigenvalue weighted by Crippen LogP contribution is 2.40. The van der Waals surface area contributed by atoms with Gasteiger partial charge in [0, 0.05) is 6.08 Å². The molecule has 1 N–H and O–H groups in total. The van der Waals surface area contributed by atoms with Crippen molar-refractivity contribution in [1.29, 1.82) is 0 Å². The summed E-state index contributed by atoms with van der Waals surface area (Å²) in [6.45, 7) is 1.97. The topological polar surface area (TPSA) is 109 Å². The Hall–Kier alpha value is -3.23. The average Bonchev–Trinajstić information content (AvgIpc) is 2.64. The van der Waals surface area contributed by atoms with E-state index in [0.717, 1.165) is 6.08 Å². The van der Waals surface area contributed by atoms with Crippen molar-refractivity contribution in [2.75, 3.05) is 33.5 Å². The van der Waals surface area contributed by atoms with Gasteiger partial charge in [-0.1, -0.05) is 0 Å². The Morgan fingerprint density at radius 1 is 1.19 bits per heavy atom. The number of hydrogen-bond acceptors (Lipinski definition) is 8. The zero-order valence-electron chi connectivity index (χ0n) is 14.4. The van der Waals surface area contributed by atoms with Gasteiger partial charge >= 0.3 is 12.1 Å². The normalized spacial score (nSPS) is 12.4. The Kier molecular flexibility index (Phi) is 6.84. The van der Waals surface area contributed by atoms with Gasteiger partial charge < -0.3 is 23.7 Å². The van der Waals surface area contributed by atoms with E-state index in [-0.39, 0.29) is 6.61 Å². The fourth-order valence-electron chi connectivity index (χ4n) is 2.06. The van der Waals surface area contributed by atoms with Crippen molar-refractivity contribution in [3.8, 4) is 17.2 Å². The second-order valence-corrected chi connectivity index (χ2v) is 4.96. The average molecular weight is 365 g/mol. The first kappa shape index (κ1) is 19.1. The Morgan fingerprint density at radius 3 is 2.69 bits per heavy atom. The number of alkyl carbamates (subject to hydrolysis) is 1. The molecular formula is C17H19NO8. The second kappa shape index (κ2) is 9.30. The summed E-state index contributed by atoms with van der Waals surface area (Å²) in [5, 5.41) is 1.91. The van der Waals surface area contributed by atoms with E-state index in [1.165, 1.54) is 13.2 Å².